The van der Waals surface area contributed by atoms with Gasteiger partial charge in [0, 0.05) is 0 Å². The quantitative estimate of drug-likeness (QED) is 0.654. The number of hydrogen-bond acceptors (Lipinski definition) is 2. The highest BCUT2D eigenvalue weighted by atomic mass is 16.3. The highest BCUT2D eigenvalue weighted by Gasteiger charge is 2.13. The maximum atomic E-state index is 10.8. The molecule has 1 rings (SSSR count). The Morgan fingerprint density at radius 1 is 1.00 bits per heavy atom. The molecule has 0 aliphatic rings. The van der Waals surface area contributed by atoms with Crippen molar-refractivity contribution in [2.24, 2.45) is 5.18 Å². The van der Waals surface area contributed by atoms with Gasteiger partial charge >= 0.3 is 0 Å². The second-order valence-electron chi connectivity index (χ2n) is 4.19. The topological polar surface area (TPSA) is 29.4 Å². The van der Waals surface area contributed by atoms with Crippen molar-refractivity contribution in [2.75, 3.05) is 0 Å². The summed E-state index contributed by atoms with van der Waals surface area (Å²) in [6.07, 6.45) is 0. The lowest BCUT2D eigenvalue weighted by atomic mass is 9.93. The molecule has 0 saturated carbocycles. The third-order valence-electron chi connectivity index (χ3n) is 2.43. The molecule has 0 amide bonds. The third kappa shape index (κ3) is 2.00. The average Bonchev–Trinajstić information content (AvgIpc) is 2.16. The molecule has 0 aromatic heterocycles. The summed E-state index contributed by atoms with van der Waals surface area (Å²) in [5.74, 6) is 0.697. The van der Waals surface area contributed by atoms with E-state index in [1.54, 1.807) is 0 Å². The second kappa shape index (κ2) is 4.36. The Morgan fingerprint density at radius 2 is 1.43 bits per heavy atom. The van der Waals surface area contributed by atoms with E-state index in [4.69, 9.17) is 0 Å². The van der Waals surface area contributed by atoms with E-state index in [0.29, 0.717) is 17.5 Å². The summed E-state index contributed by atoms with van der Waals surface area (Å²) in [6.45, 7) is 8.31. The van der Waals surface area contributed by atoms with Gasteiger partial charge in [-0.2, -0.15) is 0 Å². The molecule has 0 radical (unpaired) electrons. The van der Waals surface area contributed by atoms with Crippen molar-refractivity contribution in [1.29, 1.82) is 0 Å². The fourth-order valence-corrected chi connectivity index (χ4v) is 1.62. The molecule has 76 valence electrons. The van der Waals surface area contributed by atoms with Crippen molar-refractivity contribution < 1.29 is 0 Å². The smallest absolute Gasteiger partial charge is 0.114 e. The second-order valence-corrected chi connectivity index (χ2v) is 4.19. The van der Waals surface area contributed by atoms with Crippen molar-refractivity contribution in [3.05, 3.63) is 34.2 Å². The van der Waals surface area contributed by atoms with Crippen LogP contribution in [0, 0.1) is 4.91 Å². The zero-order chi connectivity index (χ0) is 10.7. The molecular weight excluding hydrogens is 174 g/mol. The Hall–Kier alpha value is -1.18. The van der Waals surface area contributed by atoms with Gasteiger partial charge in [-0.15, -0.1) is 4.91 Å². The predicted octanol–water partition coefficient (Wildman–Crippen LogP) is 4.33. The molecule has 0 atom stereocenters. The van der Waals surface area contributed by atoms with E-state index in [0.717, 1.165) is 11.1 Å². The van der Waals surface area contributed by atoms with Crippen LogP contribution in [0.4, 0.5) is 5.69 Å². The largest absolute Gasteiger partial charge is 0.145 e. The molecule has 0 bridgehead atoms. The fraction of sp³-hybridized carbons (Fsp3) is 0.500. The molecule has 2 nitrogen and oxygen atoms in total. The lowest BCUT2D eigenvalue weighted by Gasteiger charge is -2.13. The molecule has 0 unspecified atom stereocenters. The normalized spacial score (nSPS) is 11.0. The van der Waals surface area contributed by atoms with Crippen molar-refractivity contribution in [2.45, 2.75) is 39.5 Å². The van der Waals surface area contributed by atoms with Crippen LogP contribution in [0.1, 0.15) is 50.7 Å². The Balaban J connectivity index is 3.32. The van der Waals surface area contributed by atoms with E-state index >= 15 is 0 Å². The third-order valence-corrected chi connectivity index (χ3v) is 2.43. The van der Waals surface area contributed by atoms with Crippen LogP contribution < -0.4 is 0 Å². The predicted molar refractivity (Wildman–Crippen MR) is 60.1 cm³/mol. The van der Waals surface area contributed by atoms with Crippen LogP contribution in [0.25, 0.3) is 0 Å². The van der Waals surface area contributed by atoms with Gasteiger partial charge in [0.25, 0.3) is 0 Å². The minimum Gasteiger partial charge on any atom is -0.145 e. The summed E-state index contributed by atoms with van der Waals surface area (Å²) < 4.78 is 0. The van der Waals surface area contributed by atoms with Crippen molar-refractivity contribution in [1.82, 2.24) is 0 Å². The SMILES string of the molecule is CC(C)c1cccc(C(C)C)c1N=O. The lowest BCUT2D eigenvalue weighted by molar-refractivity contribution is 0.834. The van der Waals surface area contributed by atoms with Crippen LogP contribution in [0.15, 0.2) is 23.4 Å². The van der Waals surface area contributed by atoms with Gasteiger partial charge in [0.15, 0.2) is 0 Å². The van der Waals surface area contributed by atoms with Crippen LogP contribution in [-0.4, -0.2) is 0 Å². The van der Waals surface area contributed by atoms with Gasteiger partial charge in [0.1, 0.15) is 5.69 Å². The van der Waals surface area contributed by atoms with Gasteiger partial charge in [-0.3, -0.25) is 0 Å². The molecule has 0 spiro atoms. The van der Waals surface area contributed by atoms with E-state index in [1.807, 2.05) is 18.2 Å². The van der Waals surface area contributed by atoms with Gasteiger partial charge in [-0.1, -0.05) is 45.9 Å². The molecule has 2 heteroatoms. The van der Waals surface area contributed by atoms with Crippen LogP contribution in [0.2, 0.25) is 0 Å². The first-order valence-corrected chi connectivity index (χ1v) is 5.04. The lowest BCUT2D eigenvalue weighted by Crippen LogP contribution is -1.94. The van der Waals surface area contributed by atoms with Gasteiger partial charge in [-0.05, 0) is 28.1 Å². The summed E-state index contributed by atoms with van der Waals surface area (Å²) in [7, 11) is 0. The fourth-order valence-electron chi connectivity index (χ4n) is 1.62. The maximum Gasteiger partial charge on any atom is 0.114 e. The first kappa shape index (κ1) is 10.9. The van der Waals surface area contributed by atoms with E-state index in [2.05, 4.69) is 32.9 Å². The van der Waals surface area contributed by atoms with Crippen LogP contribution in [-0.2, 0) is 0 Å². The first-order valence-electron chi connectivity index (χ1n) is 5.04. The molecule has 1 aromatic carbocycles. The number of nitrogens with zero attached hydrogens (tertiary/aromatic N) is 1. The highest BCUT2D eigenvalue weighted by Crippen LogP contribution is 2.34. The first-order chi connectivity index (χ1) is 6.57. The molecule has 0 fully saturated rings. The zero-order valence-corrected chi connectivity index (χ0v) is 9.24. The monoisotopic (exact) mass is 191 g/mol. The van der Waals surface area contributed by atoms with Crippen molar-refractivity contribution in [3.63, 3.8) is 0 Å². The van der Waals surface area contributed by atoms with Gasteiger partial charge in [0.2, 0.25) is 0 Å². The van der Waals surface area contributed by atoms with Gasteiger partial charge < -0.3 is 0 Å². The minimum atomic E-state index is 0.349. The number of rotatable bonds is 3. The summed E-state index contributed by atoms with van der Waals surface area (Å²) in [5, 5.41) is 3.16. The molecule has 14 heavy (non-hydrogen) atoms. The number of hydrogen-bond donors (Lipinski definition) is 0. The van der Waals surface area contributed by atoms with Crippen LogP contribution in [0.5, 0.6) is 0 Å². The number of nitroso groups, excluding NO2 is 1. The molecule has 0 heterocycles. The Kier molecular flexibility index (Phi) is 3.39. The van der Waals surface area contributed by atoms with E-state index in [1.165, 1.54) is 0 Å². The van der Waals surface area contributed by atoms with E-state index in [9.17, 15) is 4.91 Å². The van der Waals surface area contributed by atoms with Crippen molar-refractivity contribution >= 4 is 5.69 Å². The molecule has 0 aliphatic heterocycles. The summed E-state index contributed by atoms with van der Waals surface area (Å²) in [6, 6.07) is 5.96. The van der Waals surface area contributed by atoms with Gasteiger partial charge in [0.05, 0.1) is 0 Å². The summed E-state index contributed by atoms with van der Waals surface area (Å²) in [4.78, 5) is 10.8. The number of benzene rings is 1. The van der Waals surface area contributed by atoms with E-state index in [-0.39, 0.29) is 0 Å². The standard InChI is InChI=1S/C12H17NO/c1-8(2)10-6-5-7-11(9(3)4)12(10)13-14/h5-9H,1-4H3. The van der Waals surface area contributed by atoms with Gasteiger partial charge in [-0.25, -0.2) is 0 Å². The molecule has 0 aliphatic carbocycles. The van der Waals surface area contributed by atoms with Crippen LogP contribution >= 0.6 is 0 Å². The Morgan fingerprint density at radius 3 is 1.71 bits per heavy atom. The summed E-state index contributed by atoms with van der Waals surface area (Å²) >= 11 is 0. The van der Waals surface area contributed by atoms with E-state index < -0.39 is 0 Å². The average molecular weight is 191 g/mol. The minimum absolute atomic E-state index is 0.349. The molecule has 0 saturated heterocycles. The van der Waals surface area contributed by atoms with Crippen LogP contribution in [0.3, 0.4) is 0 Å². The highest BCUT2D eigenvalue weighted by molar-refractivity contribution is 5.55. The maximum absolute atomic E-state index is 10.8. The Labute approximate surface area is 85.3 Å². The zero-order valence-electron chi connectivity index (χ0n) is 9.24. The summed E-state index contributed by atoms with van der Waals surface area (Å²) in [5.41, 5.74) is 2.73. The van der Waals surface area contributed by atoms with Crippen molar-refractivity contribution in [3.8, 4) is 0 Å². The molecule has 1 aromatic rings. The molecular formula is C12H17NO. The molecule has 0 N–H and O–H groups in total. The Bertz CT molecular complexity index is 303.